The Balaban J connectivity index is 1.51. The molecule has 0 aliphatic heterocycles. The minimum absolute atomic E-state index is 0.108. The lowest BCUT2D eigenvalue weighted by atomic mass is 10.1. The van der Waals surface area contributed by atoms with E-state index in [0.29, 0.717) is 10.2 Å². The molecule has 122 valence electrons. The van der Waals surface area contributed by atoms with Crippen LogP contribution < -0.4 is 5.32 Å². The molecule has 3 rings (SSSR count). The van der Waals surface area contributed by atoms with Crippen molar-refractivity contribution in [3.05, 3.63) is 75.8 Å². The maximum Gasteiger partial charge on any atom is 0.230 e. The summed E-state index contributed by atoms with van der Waals surface area (Å²) in [5.74, 6) is -0.108. The molecule has 0 aliphatic rings. The fraction of sp³-hybridized carbons (Fsp3) is 0.167. The van der Waals surface area contributed by atoms with Gasteiger partial charge in [0, 0.05) is 11.4 Å². The Morgan fingerprint density at radius 1 is 0.958 bits per heavy atom. The molecule has 1 heterocycles. The number of aryl methyl sites for hydroxylation is 2. The third-order valence-corrected chi connectivity index (χ3v) is 4.61. The van der Waals surface area contributed by atoms with Gasteiger partial charge in [-0.15, -0.1) is 10.2 Å². The van der Waals surface area contributed by atoms with Gasteiger partial charge in [-0.05, 0) is 29.7 Å². The molecule has 0 fully saturated rings. The zero-order chi connectivity index (χ0) is 16.8. The fourth-order valence-corrected chi connectivity index (χ4v) is 3.13. The van der Waals surface area contributed by atoms with Crippen molar-refractivity contribution in [2.24, 2.45) is 0 Å². The number of hydrogen-bond acceptors (Lipinski definition) is 4. The summed E-state index contributed by atoms with van der Waals surface area (Å²) in [5.41, 5.74) is 2.17. The minimum atomic E-state index is -0.108. The van der Waals surface area contributed by atoms with Crippen LogP contribution >= 0.6 is 22.9 Å². The van der Waals surface area contributed by atoms with Crippen molar-refractivity contribution in [1.82, 2.24) is 10.2 Å². The first-order valence-corrected chi connectivity index (χ1v) is 8.79. The summed E-state index contributed by atoms with van der Waals surface area (Å²) in [6.07, 6.45) is 2.01. The molecule has 0 saturated carbocycles. The van der Waals surface area contributed by atoms with E-state index in [1.807, 2.05) is 30.3 Å². The monoisotopic (exact) mass is 357 g/mol. The zero-order valence-corrected chi connectivity index (χ0v) is 14.5. The molecule has 1 amide bonds. The van der Waals surface area contributed by atoms with Crippen molar-refractivity contribution in [1.29, 1.82) is 0 Å². The molecule has 24 heavy (non-hydrogen) atoms. The SMILES string of the molecule is O=C(Cc1ccc(Cl)cc1)Nc1nnc(CCc2ccccc2)s1. The molecule has 1 N–H and O–H groups in total. The number of halogens is 1. The van der Waals surface area contributed by atoms with Gasteiger partial charge in [-0.25, -0.2) is 0 Å². The molecule has 2 aromatic carbocycles. The van der Waals surface area contributed by atoms with Crippen LogP contribution in [-0.2, 0) is 24.1 Å². The van der Waals surface area contributed by atoms with Crippen LogP contribution in [0.25, 0.3) is 0 Å². The lowest BCUT2D eigenvalue weighted by molar-refractivity contribution is -0.115. The first-order valence-electron chi connectivity index (χ1n) is 7.59. The van der Waals surface area contributed by atoms with E-state index in [1.54, 1.807) is 12.1 Å². The molecule has 0 atom stereocenters. The van der Waals surface area contributed by atoms with Crippen molar-refractivity contribution >= 4 is 34.0 Å². The third-order valence-electron chi connectivity index (χ3n) is 3.46. The van der Waals surface area contributed by atoms with Gasteiger partial charge in [-0.3, -0.25) is 4.79 Å². The van der Waals surface area contributed by atoms with E-state index in [4.69, 9.17) is 11.6 Å². The van der Waals surface area contributed by atoms with Crippen molar-refractivity contribution in [3.8, 4) is 0 Å². The van der Waals surface area contributed by atoms with Crippen LogP contribution in [0.15, 0.2) is 54.6 Å². The summed E-state index contributed by atoms with van der Waals surface area (Å²) >= 11 is 7.26. The molecule has 0 aliphatic carbocycles. The molecule has 0 spiro atoms. The Labute approximate surface area is 149 Å². The number of nitrogens with zero attached hydrogens (tertiary/aromatic N) is 2. The number of benzene rings is 2. The average Bonchev–Trinajstić information content (AvgIpc) is 3.03. The number of amides is 1. The summed E-state index contributed by atoms with van der Waals surface area (Å²) < 4.78 is 0. The smallest absolute Gasteiger partial charge is 0.230 e. The quantitative estimate of drug-likeness (QED) is 0.720. The Morgan fingerprint density at radius 3 is 2.46 bits per heavy atom. The topological polar surface area (TPSA) is 54.9 Å². The van der Waals surface area contributed by atoms with E-state index in [-0.39, 0.29) is 12.3 Å². The molecule has 3 aromatic rings. The van der Waals surface area contributed by atoms with Gasteiger partial charge in [0.2, 0.25) is 11.0 Å². The van der Waals surface area contributed by atoms with Gasteiger partial charge in [0.1, 0.15) is 5.01 Å². The highest BCUT2D eigenvalue weighted by Gasteiger charge is 2.09. The van der Waals surface area contributed by atoms with Crippen LogP contribution in [0.5, 0.6) is 0 Å². The molecule has 1 aromatic heterocycles. The fourth-order valence-electron chi connectivity index (χ4n) is 2.25. The van der Waals surface area contributed by atoms with E-state index >= 15 is 0 Å². The summed E-state index contributed by atoms with van der Waals surface area (Å²) in [4.78, 5) is 12.1. The highest BCUT2D eigenvalue weighted by atomic mass is 35.5. The largest absolute Gasteiger partial charge is 0.300 e. The second kappa shape index (κ2) is 8.04. The molecule has 0 radical (unpaired) electrons. The minimum Gasteiger partial charge on any atom is -0.300 e. The number of rotatable bonds is 6. The predicted octanol–water partition coefficient (Wildman–Crippen LogP) is 4.16. The third kappa shape index (κ3) is 4.88. The maximum absolute atomic E-state index is 12.1. The van der Waals surface area contributed by atoms with E-state index in [0.717, 1.165) is 23.4 Å². The van der Waals surface area contributed by atoms with Gasteiger partial charge in [0.25, 0.3) is 0 Å². The summed E-state index contributed by atoms with van der Waals surface area (Å²) in [7, 11) is 0. The maximum atomic E-state index is 12.1. The van der Waals surface area contributed by atoms with Crippen LogP contribution in [0.2, 0.25) is 5.02 Å². The molecule has 4 nitrogen and oxygen atoms in total. The van der Waals surface area contributed by atoms with Crippen molar-refractivity contribution in [3.63, 3.8) is 0 Å². The van der Waals surface area contributed by atoms with Gasteiger partial charge < -0.3 is 5.32 Å². The van der Waals surface area contributed by atoms with Crippen molar-refractivity contribution in [2.75, 3.05) is 5.32 Å². The van der Waals surface area contributed by atoms with Crippen molar-refractivity contribution in [2.45, 2.75) is 19.3 Å². The van der Waals surface area contributed by atoms with E-state index < -0.39 is 0 Å². The Hall–Kier alpha value is -2.24. The van der Waals surface area contributed by atoms with Crippen LogP contribution in [0, 0.1) is 0 Å². The predicted molar refractivity (Wildman–Crippen MR) is 97.5 cm³/mol. The molecule has 0 unspecified atom stereocenters. The van der Waals surface area contributed by atoms with Crippen LogP contribution in [0.1, 0.15) is 16.1 Å². The van der Waals surface area contributed by atoms with Gasteiger partial charge in [-0.2, -0.15) is 0 Å². The van der Waals surface area contributed by atoms with Gasteiger partial charge in [0.05, 0.1) is 6.42 Å². The number of hydrogen-bond donors (Lipinski definition) is 1. The Morgan fingerprint density at radius 2 is 1.71 bits per heavy atom. The first kappa shape index (κ1) is 16.6. The molecule has 6 heteroatoms. The first-order chi connectivity index (χ1) is 11.7. The Kier molecular flexibility index (Phi) is 5.56. The van der Waals surface area contributed by atoms with Crippen LogP contribution in [0.3, 0.4) is 0 Å². The van der Waals surface area contributed by atoms with Crippen LogP contribution in [-0.4, -0.2) is 16.1 Å². The number of carbonyl (C=O) groups excluding carboxylic acids is 1. The van der Waals surface area contributed by atoms with Crippen LogP contribution in [0.4, 0.5) is 5.13 Å². The molecular weight excluding hydrogens is 342 g/mol. The lowest BCUT2D eigenvalue weighted by Gasteiger charge is -2.01. The average molecular weight is 358 g/mol. The summed E-state index contributed by atoms with van der Waals surface area (Å²) in [6.45, 7) is 0. The van der Waals surface area contributed by atoms with Gasteiger partial charge in [-0.1, -0.05) is 65.4 Å². The summed E-state index contributed by atoms with van der Waals surface area (Å²) in [5, 5.41) is 13.1. The van der Waals surface area contributed by atoms with Gasteiger partial charge >= 0.3 is 0 Å². The number of aromatic nitrogens is 2. The normalized spacial score (nSPS) is 10.5. The van der Waals surface area contributed by atoms with Gasteiger partial charge in [0.15, 0.2) is 0 Å². The number of nitrogens with one attached hydrogen (secondary N) is 1. The lowest BCUT2D eigenvalue weighted by Crippen LogP contribution is -2.14. The van der Waals surface area contributed by atoms with E-state index in [2.05, 4.69) is 27.6 Å². The summed E-state index contributed by atoms with van der Waals surface area (Å²) in [6, 6.07) is 17.5. The number of anilines is 1. The van der Waals surface area contributed by atoms with E-state index in [9.17, 15) is 4.79 Å². The Bertz CT molecular complexity index is 803. The molecule has 0 bridgehead atoms. The zero-order valence-electron chi connectivity index (χ0n) is 12.9. The standard InChI is InChI=1S/C18H16ClN3OS/c19-15-9-6-14(7-10-15)12-16(23)20-18-22-21-17(24-18)11-8-13-4-2-1-3-5-13/h1-7,9-10H,8,11-12H2,(H,20,22,23). The van der Waals surface area contributed by atoms with Crippen molar-refractivity contribution < 1.29 is 4.79 Å². The number of carbonyl (C=O) groups is 1. The second-order valence-electron chi connectivity index (χ2n) is 5.34. The highest BCUT2D eigenvalue weighted by Crippen LogP contribution is 2.18. The highest BCUT2D eigenvalue weighted by molar-refractivity contribution is 7.15. The molecule has 0 saturated heterocycles. The molecular formula is C18H16ClN3OS. The van der Waals surface area contributed by atoms with E-state index in [1.165, 1.54) is 16.9 Å². The second-order valence-corrected chi connectivity index (χ2v) is 6.84.